The Balaban J connectivity index is 1.47. The first-order chi connectivity index (χ1) is 15.9. The van der Waals surface area contributed by atoms with Crippen LogP contribution >= 0.6 is 21.6 Å². The molecule has 0 aliphatic rings. The third-order valence-electron chi connectivity index (χ3n) is 5.65. The van der Waals surface area contributed by atoms with Gasteiger partial charge in [0.2, 0.25) is 0 Å². The van der Waals surface area contributed by atoms with Crippen LogP contribution in [0.15, 0.2) is 119 Å². The molecule has 0 amide bonds. The van der Waals surface area contributed by atoms with E-state index in [-0.39, 0.29) is 0 Å². The van der Waals surface area contributed by atoms with Crippen molar-refractivity contribution in [3.05, 3.63) is 109 Å². The summed E-state index contributed by atoms with van der Waals surface area (Å²) in [6.07, 6.45) is 0. The van der Waals surface area contributed by atoms with Gasteiger partial charge in [0.25, 0.3) is 0 Å². The molecule has 2 nitrogen and oxygen atoms in total. The van der Waals surface area contributed by atoms with Crippen LogP contribution in [0.2, 0.25) is 0 Å². The molecule has 2 N–H and O–H groups in total. The molecule has 154 valence electrons. The van der Waals surface area contributed by atoms with E-state index in [1.807, 2.05) is 21.6 Å². The number of aromatic nitrogens is 2. The molecule has 4 aromatic carbocycles. The van der Waals surface area contributed by atoms with Crippen molar-refractivity contribution in [2.45, 2.75) is 9.79 Å². The van der Waals surface area contributed by atoms with Gasteiger partial charge in [-0.15, -0.1) is 0 Å². The van der Waals surface area contributed by atoms with E-state index in [1.165, 1.54) is 43.1 Å². The second-order valence-corrected chi connectivity index (χ2v) is 9.80. The molecule has 6 aromatic rings. The first-order valence-corrected chi connectivity index (χ1v) is 12.7. The van der Waals surface area contributed by atoms with E-state index in [4.69, 9.17) is 0 Å². The molecule has 0 saturated carbocycles. The molecular formula is C28H20N2S2. The summed E-state index contributed by atoms with van der Waals surface area (Å²) in [5.41, 5.74) is 7.08. The zero-order valence-corrected chi connectivity index (χ0v) is 18.8. The van der Waals surface area contributed by atoms with E-state index in [2.05, 4.69) is 119 Å². The van der Waals surface area contributed by atoms with E-state index < -0.39 is 0 Å². The maximum atomic E-state index is 3.65. The Hall–Kier alpha value is -3.34. The molecular weight excluding hydrogens is 428 g/mol. The van der Waals surface area contributed by atoms with Gasteiger partial charge in [0.15, 0.2) is 0 Å². The summed E-state index contributed by atoms with van der Waals surface area (Å²) in [5, 5.41) is 2.51. The van der Waals surface area contributed by atoms with Crippen LogP contribution < -0.4 is 0 Å². The summed E-state index contributed by atoms with van der Waals surface area (Å²) in [5.74, 6) is 0. The SMILES string of the molecule is c1ccc(-c2[nH]c3ccccc3c2SSc2c(-c3ccccc3)[nH]c3ccccc23)cc1. The van der Waals surface area contributed by atoms with E-state index in [0.717, 1.165) is 11.0 Å². The monoisotopic (exact) mass is 448 g/mol. The van der Waals surface area contributed by atoms with Crippen molar-refractivity contribution < 1.29 is 0 Å². The Morgan fingerprint density at radius 3 is 1.22 bits per heavy atom. The molecule has 0 aliphatic heterocycles. The van der Waals surface area contributed by atoms with E-state index in [1.54, 1.807) is 0 Å². The van der Waals surface area contributed by atoms with Crippen molar-refractivity contribution in [2.24, 2.45) is 0 Å². The zero-order chi connectivity index (χ0) is 21.3. The number of nitrogens with one attached hydrogen (secondary N) is 2. The number of H-pyrrole nitrogens is 2. The molecule has 0 bridgehead atoms. The summed E-state index contributed by atoms with van der Waals surface area (Å²) in [6.45, 7) is 0. The topological polar surface area (TPSA) is 31.6 Å². The standard InChI is InChI=1S/C28H20N2S2/c1-3-11-19(12-4-1)25-27(21-15-7-9-17-23(21)29-25)31-32-28-22-16-8-10-18-24(22)30-26(28)20-13-5-2-6-14-20/h1-18,29-30H. The first kappa shape index (κ1) is 19.4. The van der Waals surface area contributed by atoms with Crippen molar-refractivity contribution >= 4 is 43.4 Å². The fraction of sp³-hybridized carbons (Fsp3) is 0. The van der Waals surface area contributed by atoms with Crippen molar-refractivity contribution in [1.82, 2.24) is 9.97 Å². The highest BCUT2D eigenvalue weighted by Gasteiger charge is 2.18. The van der Waals surface area contributed by atoms with Gasteiger partial charge in [-0.3, -0.25) is 0 Å². The highest BCUT2D eigenvalue weighted by molar-refractivity contribution is 8.76. The highest BCUT2D eigenvalue weighted by atomic mass is 33.1. The number of rotatable bonds is 5. The van der Waals surface area contributed by atoms with E-state index in [0.29, 0.717) is 0 Å². The third kappa shape index (κ3) is 3.42. The minimum Gasteiger partial charge on any atom is -0.354 e. The fourth-order valence-corrected chi connectivity index (χ4v) is 6.85. The number of benzene rings is 4. The maximum Gasteiger partial charge on any atom is 0.0611 e. The molecule has 2 aromatic heterocycles. The van der Waals surface area contributed by atoms with Crippen LogP contribution in [-0.2, 0) is 0 Å². The lowest BCUT2D eigenvalue weighted by Gasteiger charge is -2.07. The fourth-order valence-electron chi connectivity index (χ4n) is 4.11. The second kappa shape index (κ2) is 8.30. The van der Waals surface area contributed by atoms with Gasteiger partial charge in [-0.2, -0.15) is 0 Å². The summed E-state index contributed by atoms with van der Waals surface area (Å²) in [4.78, 5) is 9.83. The molecule has 4 heteroatoms. The summed E-state index contributed by atoms with van der Waals surface area (Å²) in [6, 6.07) is 38.3. The lowest BCUT2D eigenvalue weighted by Crippen LogP contribution is -1.80. The van der Waals surface area contributed by atoms with Gasteiger partial charge in [-0.25, -0.2) is 0 Å². The van der Waals surface area contributed by atoms with Crippen LogP contribution in [0, 0.1) is 0 Å². The maximum absolute atomic E-state index is 3.65. The van der Waals surface area contributed by atoms with Gasteiger partial charge in [0.1, 0.15) is 0 Å². The Bertz CT molecular complexity index is 1400. The minimum absolute atomic E-state index is 1.16. The van der Waals surface area contributed by atoms with Crippen LogP contribution in [0.3, 0.4) is 0 Å². The zero-order valence-electron chi connectivity index (χ0n) is 17.2. The van der Waals surface area contributed by atoms with Crippen molar-refractivity contribution in [3.8, 4) is 22.5 Å². The van der Waals surface area contributed by atoms with Crippen LogP contribution in [0.4, 0.5) is 0 Å². The normalized spacial score (nSPS) is 11.4. The number of aromatic amines is 2. The Kier molecular flexibility index (Phi) is 5.02. The quantitative estimate of drug-likeness (QED) is 0.258. The predicted octanol–water partition coefficient (Wildman–Crippen LogP) is 8.78. The van der Waals surface area contributed by atoms with E-state index >= 15 is 0 Å². The van der Waals surface area contributed by atoms with Gasteiger partial charge in [0.05, 0.1) is 21.2 Å². The Labute approximate surface area is 194 Å². The summed E-state index contributed by atoms with van der Waals surface area (Å²) in [7, 11) is 3.65. The van der Waals surface area contributed by atoms with Gasteiger partial charge < -0.3 is 9.97 Å². The summed E-state index contributed by atoms with van der Waals surface area (Å²) >= 11 is 0. The molecule has 0 atom stereocenters. The summed E-state index contributed by atoms with van der Waals surface area (Å²) < 4.78 is 0. The van der Waals surface area contributed by atoms with E-state index in [9.17, 15) is 0 Å². The largest absolute Gasteiger partial charge is 0.354 e. The number of hydrogen-bond donors (Lipinski definition) is 2. The van der Waals surface area contributed by atoms with Crippen molar-refractivity contribution in [1.29, 1.82) is 0 Å². The molecule has 0 fully saturated rings. The number of para-hydroxylation sites is 2. The molecule has 0 aliphatic carbocycles. The highest BCUT2D eigenvalue weighted by Crippen LogP contribution is 2.50. The molecule has 32 heavy (non-hydrogen) atoms. The van der Waals surface area contributed by atoms with Crippen molar-refractivity contribution in [3.63, 3.8) is 0 Å². The molecule has 2 heterocycles. The average Bonchev–Trinajstić information content (AvgIpc) is 3.42. The smallest absolute Gasteiger partial charge is 0.0611 e. The van der Waals surface area contributed by atoms with Crippen LogP contribution in [0.1, 0.15) is 0 Å². The van der Waals surface area contributed by atoms with Crippen LogP contribution in [0.25, 0.3) is 44.3 Å². The second-order valence-electron chi connectivity index (χ2n) is 7.65. The predicted molar refractivity (Wildman–Crippen MR) is 139 cm³/mol. The lowest BCUT2D eigenvalue weighted by atomic mass is 10.1. The Morgan fingerprint density at radius 1 is 0.406 bits per heavy atom. The first-order valence-electron chi connectivity index (χ1n) is 10.6. The van der Waals surface area contributed by atoms with Gasteiger partial charge in [0, 0.05) is 21.8 Å². The molecule has 0 unspecified atom stereocenters. The van der Waals surface area contributed by atoms with Crippen LogP contribution in [0.5, 0.6) is 0 Å². The lowest BCUT2D eigenvalue weighted by molar-refractivity contribution is 1.40. The van der Waals surface area contributed by atoms with Crippen molar-refractivity contribution in [2.75, 3.05) is 0 Å². The minimum atomic E-state index is 1.16. The van der Waals surface area contributed by atoms with Gasteiger partial charge in [-0.1, -0.05) is 97.1 Å². The average molecular weight is 449 g/mol. The van der Waals surface area contributed by atoms with Gasteiger partial charge >= 0.3 is 0 Å². The molecule has 6 rings (SSSR count). The molecule has 0 saturated heterocycles. The Morgan fingerprint density at radius 2 is 0.781 bits per heavy atom. The van der Waals surface area contributed by atoms with Gasteiger partial charge in [-0.05, 0) is 44.8 Å². The third-order valence-corrected chi connectivity index (χ3v) is 8.16. The molecule has 0 radical (unpaired) electrons. The molecule has 0 spiro atoms. The van der Waals surface area contributed by atoms with Crippen LogP contribution in [-0.4, -0.2) is 9.97 Å². The number of hydrogen-bond acceptors (Lipinski definition) is 2. The number of fused-ring (bicyclic) bond motifs is 2.